The van der Waals surface area contributed by atoms with E-state index in [0.717, 1.165) is 18.5 Å². The van der Waals surface area contributed by atoms with Gasteiger partial charge < -0.3 is 11.1 Å². The Balaban J connectivity index is 2.44. The summed E-state index contributed by atoms with van der Waals surface area (Å²) in [5.74, 6) is 2.34. The number of aryl methyl sites for hydroxylation is 1. The molecule has 0 aromatic carbocycles. The van der Waals surface area contributed by atoms with E-state index in [4.69, 9.17) is 29.8 Å². The minimum Gasteiger partial charge on any atom is -0.370 e. The van der Waals surface area contributed by atoms with Gasteiger partial charge in [0.2, 0.25) is 0 Å². The maximum Gasteiger partial charge on any atom is 0.194 e. The van der Waals surface area contributed by atoms with E-state index in [9.17, 15) is 0 Å². The summed E-state index contributed by atoms with van der Waals surface area (Å²) >= 11 is 5.13. The Morgan fingerprint density at radius 1 is 1.58 bits per heavy atom. The molecule has 0 radical (unpaired) electrons. The van der Waals surface area contributed by atoms with Crippen LogP contribution < -0.4 is 11.1 Å². The predicted molar refractivity (Wildman–Crippen MR) is 80.6 cm³/mol. The van der Waals surface area contributed by atoms with Gasteiger partial charge in [-0.3, -0.25) is 15.3 Å². The highest BCUT2D eigenvalue weighted by Crippen LogP contribution is 2.00. The molecule has 4 N–H and O–H groups in total. The minimum atomic E-state index is -0.0875. The van der Waals surface area contributed by atoms with Gasteiger partial charge in [0, 0.05) is 18.4 Å². The van der Waals surface area contributed by atoms with Crippen LogP contribution in [0.4, 0.5) is 0 Å². The third-order valence-corrected chi connectivity index (χ3v) is 2.78. The fourth-order valence-electron chi connectivity index (χ4n) is 1.52. The maximum absolute atomic E-state index is 7.51. The number of terminal acetylenes is 1. The molecule has 19 heavy (non-hydrogen) atoms. The van der Waals surface area contributed by atoms with Gasteiger partial charge in [0.1, 0.15) is 0 Å². The summed E-state index contributed by atoms with van der Waals surface area (Å²) < 4.78 is 0. The van der Waals surface area contributed by atoms with Crippen LogP contribution in [0.3, 0.4) is 0 Å². The number of nitrogens with one attached hydrogen (secondary N) is 2. The fraction of sp³-hybridized carbons (Fsp3) is 0.308. The first kappa shape index (κ1) is 14.9. The van der Waals surface area contributed by atoms with Gasteiger partial charge in [-0.2, -0.15) is 0 Å². The molecule has 1 rings (SSSR count). The standard InChI is InChI=1S/C13H17N5S/c1-2-8-17-13(19)18(12(14)15)10-5-7-11-6-3-4-9-16-11/h1,3-4,6,9H,5,7-8,10H2,(H3,14,15)(H,17,19). The Bertz CT molecular complexity index is 466. The molecule has 0 saturated carbocycles. The summed E-state index contributed by atoms with van der Waals surface area (Å²) in [4.78, 5) is 5.76. The van der Waals surface area contributed by atoms with E-state index >= 15 is 0 Å². The van der Waals surface area contributed by atoms with Crippen molar-refractivity contribution in [2.45, 2.75) is 12.8 Å². The Morgan fingerprint density at radius 3 is 2.95 bits per heavy atom. The number of aromatic nitrogens is 1. The molecule has 1 aromatic heterocycles. The summed E-state index contributed by atoms with van der Waals surface area (Å²) in [5, 5.41) is 10.7. The Kier molecular flexibility index (Phi) is 6.33. The topological polar surface area (TPSA) is 78.0 Å². The van der Waals surface area contributed by atoms with Gasteiger partial charge in [-0.25, -0.2) is 0 Å². The molecule has 0 fully saturated rings. The second-order valence-electron chi connectivity index (χ2n) is 3.82. The fourth-order valence-corrected chi connectivity index (χ4v) is 1.78. The SMILES string of the molecule is C#CCNC(=S)N(CCCc1ccccn1)C(=N)N. The van der Waals surface area contributed by atoms with E-state index in [1.807, 2.05) is 18.2 Å². The third-order valence-electron chi connectivity index (χ3n) is 2.42. The molecule has 0 aliphatic carbocycles. The van der Waals surface area contributed by atoms with Crippen molar-refractivity contribution in [1.82, 2.24) is 15.2 Å². The zero-order valence-corrected chi connectivity index (χ0v) is 11.4. The number of hydrogen-bond acceptors (Lipinski definition) is 3. The number of thiocarbonyl (C=S) groups is 1. The first-order valence-corrected chi connectivity index (χ1v) is 6.28. The molecule has 0 bridgehead atoms. The summed E-state index contributed by atoms with van der Waals surface area (Å²) in [6, 6.07) is 5.79. The molecule has 1 aromatic rings. The number of hydrogen-bond donors (Lipinski definition) is 3. The van der Waals surface area contributed by atoms with Crippen molar-refractivity contribution >= 4 is 23.3 Å². The predicted octanol–water partition coefficient (Wildman–Crippen LogP) is 0.717. The molecular weight excluding hydrogens is 258 g/mol. The van der Waals surface area contributed by atoms with Crippen molar-refractivity contribution in [2.24, 2.45) is 5.73 Å². The lowest BCUT2D eigenvalue weighted by molar-refractivity contribution is 0.555. The molecule has 0 amide bonds. The van der Waals surface area contributed by atoms with E-state index in [0.29, 0.717) is 18.2 Å². The van der Waals surface area contributed by atoms with Crippen LogP contribution >= 0.6 is 12.2 Å². The number of rotatable bonds is 5. The summed E-state index contributed by atoms with van der Waals surface area (Å²) in [6.07, 6.45) is 8.51. The zero-order valence-electron chi connectivity index (χ0n) is 10.6. The molecule has 6 heteroatoms. The van der Waals surface area contributed by atoms with Gasteiger partial charge >= 0.3 is 0 Å². The lowest BCUT2D eigenvalue weighted by Gasteiger charge is -2.23. The van der Waals surface area contributed by atoms with Crippen molar-refractivity contribution < 1.29 is 0 Å². The van der Waals surface area contributed by atoms with Gasteiger partial charge in [-0.1, -0.05) is 12.0 Å². The number of pyridine rings is 1. The molecular formula is C13H17N5S. The van der Waals surface area contributed by atoms with Crippen LogP contribution in [-0.4, -0.2) is 34.0 Å². The molecule has 5 nitrogen and oxygen atoms in total. The monoisotopic (exact) mass is 275 g/mol. The van der Waals surface area contributed by atoms with Gasteiger partial charge in [0.15, 0.2) is 11.1 Å². The number of nitrogens with zero attached hydrogens (tertiary/aromatic N) is 2. The highest BCUT2D eigenvalue weighted by Gasteiger charge is 2.11. The Morgan fingerprint density at radius 2 is 2.37 bits per heavy atom. The third kappa shape index (κ3) is 5.36. The van der Waals surface area contributed by atoms with Crippen LogP contribution in [0.15, 0.2) is 24.4 Å². The van der Waals surface area contributed by atoms with Crippen LogP contribution in [0.5, 0.6) is 0 Å². The first-order valence-electron chi connectivity index (χ1n) is 5.88. The van der Waals surface area contributed by atoms with Crippen molar-refractivity contribution in [1.29, 1.82) is 5.41 Å². The number of guanidine groups is 1. The van der Waals surface area contributed by atoms with Crippen LogP contribution in [0.2, 0.25) is 0 Å². The Labute approximate surface area is 118 Å². The second kappa shape index (κ2) is 8.06. The highest BCUT2D eigenvalue weighted by atomic mass is 32.1. The number of nitrogens with two attached hydrogens (primary N) is 1. The van der Waals surface area contributed by atoms with Crippen molar-refractivity contribution in [3.8, 4) is 12.3 Å². The molecule has 0 spiro atoms. The van der Waals surface area contributed by atoms with E-state index in [1.165, 1.54) is 4.90 Å². The van der Waals surface area contributed by atoms with Crippen LogP contribution in [-0.2, 0) is 6.42 Å². The molecule has 0 atom stereocenters. The van der Waals surface area contributed by atoms with Gasteiger partial charge in [-0.15, -0.1) is 6.42 Å². The molecule has 0 unspecified atom stereocenters. The van der Waals surface area contributed by atoms with Crippen molar-refractivity contribution in [2.75, 3.05) is 13.1 Å². The average molecular weight is 275 g/mol. The normalized spacial score (nSPS) is 9.42. The molecule has 0 aliphatic heterocycles. The van der Waals surface area contributed by atoms with E-state index in [2.05, 4.69) is 16.2 Å². The van der Waals surface area contributed by atoms with Crippen LogP contribution in [0.1, 0.15) is 12.1 Å². The average Bonchev–Trinajstić information content (AvgIpc) is 2.41. The minimum absolute atomic E-state index is 0.0875. The van der Waals surface area contributed by atoms with Crippen molar-refractivity contribution in [3.05, 3.63) is 30.1 Å². The summed E-state index contributed by atoms with van der Waals surface area (Å²) in [6.45, 7) is 0.880. The first-order chi connectivity index (χ1) is 9.15. The van der Waals surface area contributed by atoms with Gasteiger partial charge in [0.05, 0.1) is 6.54 Å². The van der Waals surface area contributed by atoms with Gasteiger partial charge in [-0.05, 0) is 37.2 Å². The zero-order chi connectivity index (χ0) is 14.1. The molecule has 0 saturated heterocycles. The highest BCUT2D eigenvalue weighted by molar-refractivity contribution is 7.80. The van der Waals surface area contributed by atoms with Crippen molar-refractivity contribution in [3.63, 3.8) is 0 Å². The van der Waals surface area contributed by atoms with Crippen LogP contribution in [0.25, 0.3) is 0 Å². The van der Waals surface area contributed by atoms with E-state index in [-0.39, 0.29) is 5.96 Å². The quantitative estimate of drug-likeness (QED) is 0.319. The smallest absolute Gasteiger partial charge is 0.194 e. The van der Waals surface area contributed by atoms with Gasteiger partial charge in [0.25, 0.3) is 0 Å². The Hall–Kier alpha value is -2.13. The summed E-state index contributed by atoms with van der Waals surface area (Å²) in [7, 11) is 0. The lowest BCUT2D eigenvalue weighted by Crippen LogP contribution is -2.47. The largest absolute Gasteiger partial charge is 0.370 e. The lowest BCUT2D eigenvalue weighted by atomic mass is 10.2. The summed E-state index contributed by atoms with van der Waals surface area (Å²) in [5.41, 5.74) is 6.51. The maximum atomic E-state index is 7.51. The molecule has 100 valence electrons. The molecule has 0 aliphatic rings. The van der Waals surface area contributed by atoms with Crippen LogP contribution in [0, 0.1) is 17.8 Å². The molecule has 1 heterocycles. The second-order valence-corrected chi connectivity index (χ2v) is 4.21. The van der Waals surface area contributed by atoms with E-state index in [1.54, 1.807) is 6.20 Å². The van der Waals surface area contributed by atoms with E-state index < -0.39 is 0 Å².